The molecule has 0 atom stereocenters. The van der Waals surface area contributed by atoms with Gasteiger partial charge in [0.05, 0.1) is 10.8 Å². The molecule has 0 amide bonds. The summed E-state index contributed by atoms with van der Waals surface area (Å²) in [6.45, 7) is 3.21. The van der Waals surface area contributed by atoms with Crippen molar-refractivity contribution in [1.82, 2.24) is 4.98 Å². The molecule has 1 rings (SSSR count). The highest BCUT2D eigenvalue weighted by Crippen LogP contribution is 2.16. The van der Waals surface area contributed by atoms with Gasteiger partial charge in [0, 0.05) is 13.2 Å². The third kappa shape index (κ3) is 2.31. The number of anilines is 1. The molecule has 0 radical (unpaired) electrons. The highest BCUT2D eigenvalue weighted by molar-refractivity contribution is 7.93. The molecular weight excluding hydrogens is 226 g/mol. The number of pyridine rings is 1. The molecule has 0 aliphatic heterocycles. The summed E-state index contributed by atoms with van der Waals surface area (Å²) >= 11 is 0. The van der Waals surface area contributed by atoms with E-state index in [1.165, 1.54) is 25.4 Å². The molecule has 0 saturated carbocycles. The van der Waals surface area contributed by atoms with E-state index >= 15 is 0 Å². The molecule has 0 aliphatic carbocycles. The summed E-state index contributed by atoms with van der Waals surface area (Å²) in [6.07, 6.45) is 1.35. The van der Waals surface area contributed by atoms with E-state index in [4.69, 9.17) is 5.26 Å². The lowest BCUT2D eigenvalue weighted by Gasteiger charge is -2.20. The van der Waals surface area contributed by atoms with Crippen molar-refractivity contribution < 1.29 is 8.42 Å². The molecule has 5 nitrogen and oxygen atoms in total. The SMILES string of the molecule is CC(C)S(=O)(=O)N(C)c1ccc(C#N)cn1. The van der Waals surface area contributed by atoms with E-state index in [9.17, 15) is 8.42 Å². The molecule has 0 unspecified atom stereocenters. The number of rotatable bonds is 3. The van der Waals surface area contributed by atoms with Crippen LogP contribution in [0.1, 0.15) is 19.4 Å². The number of sulfonamides is 1. The molecule has 0 fully saturated rings. The van der Waals surface area contributed by atoms with Crippen LogP contribution in [-0.2, 0) is 10.0 Å². The van der Waals surface area contributed by atoms with E-state index < -0.39 is 15.3 Å². The fourth-order valence-electron chi connectivity index (χ4n) is 1.09. The second-order valence-corrected chi connectivity index (χ2v) is 6.10. The Balaban J connectivity index is 3.07. The van der Waals surface area contributed by atoms with Crippen LogP contribution in [0.25, 0.3) is 0 Å². The molecule has 1 aromatic rings. The summed E-state index contributed by atoms with van der Waals surface area (Å²) in [7, 11) is -1.91. The topological polar surface area (TPSA) is 74.1 Å². The van der Waals surface area contributed by atoms with Gasteiger partial charge >= 0.3 is 0 Å². The van der Waals surface area contributed by atoms with Crippen LogP contribution in [0.4, 0.5) is 5.82 Å². The predicted molar refractivity (Wildman–Crippen MR) is 61.4 cm³/mol. The lowest BCUT2D eigenvalue weighted by molar-refractivity contribution is 0.585. The van der Waals surface area contributed by atoms with Gasteiger partial charge in [0.1, 0.15) is 11.9 Å². The maximum Gasteiger partial charge on any atom is 0.238 e. The van der Waals surface area contributed by atoms with Gasteiger partial charge in [0.2, 0.25) is 10.0 Å². The van der Waals surface area contributed by atoms with Gasteiger partial charge in [-0.1, -0.05) is 0 Å². The Bertz CT molecular complexity index is 500. The third-order valence-electron chi connectivity index (χ3n) is 2.18. The molecule has 1 heterocycles. The van der Waals surface area contributed by atoms with Crippen molar-refractivity contribution >= 4 is 15.8 Å². The zero-order chi connectivity index (χ0) is 12.3. The average Bonchev–Trinajstić information content (AvgIpc) is 2.28. The van der Waals surface area contributed by atoms with Crippen LogP contribution in [0, 0.1) is 11.3 Å². The van der Waals surface area contributed by atoms with Crippen molar-refractivity contribution in [1.29, 1.82) is 5.26 Å². The predicted octanol–water partition coefficient (Wildman–Crippen LogP) is 1.13. The molecule has 0 saturated heterocycles. The molecule has 0 bridgehead atoms. The van der Waals surface area contributed by atoms with E-state index in [1.807, 2.05) is 6.07 Å². The Morgan fingerprint density at radius 2 is 2.06 bits per heavy atom. The molecule has 86 valence electrons. The van der Waals surface area contributed by atoms with Gasteiger partial charge in [-0.25, -0.2) is 13.4 Å². The van der Waals surface area contributed by atoms with Crippen LogP contribution in [0.3, 0.4) is 0 Å². The minimum Gasteiger partial charge on any atom is -0.257 e. The summed E-state index contributed by atoms with van der Waals surface area (Å²) in [6, 6.07) is 4.97. The molecule has 0 aromatic carbocycles. The Morgan fingerprint density at radius 3 is 2.44 bits per heavy atom. The van der Waals surface area contributed by atoms with Crippen molar-refractivity contribution in [2.75, 3.05) is 11.4 Å². The first-order valence-electron chi connectivity index (χ1n) is 4.73. The largest absolute Gasteiger partial charge is 0.257 e. The van der Waals surface area contributed by atoms with Gasteiger partial charge in [0.15, 0.2) is 0 Å². The minimum absolute atomic E-state index is 0.313. The lowest BCUT2D eigenvalue weighted by atomic mass is 10.3. The van der Waals surface area contributed by atoms with Crippen LogP contribution in [0.2, 0.25) is 0 Å². The van der Waals surface area contributed by atoms with Gasteiger partial charge in [-0.05, 0) is 26.0 Å². The zero-order valence-corrected chi connectivity index (χ0v) is 10.2. The summed E-state index contributed by atoms with van der Waals surface area (Å²) < 4.78 is 24.7. The summed E-state index contributed by atoms with van der Waals surface area (Å²) in [5, 5.41) is 8.09. The first-order valence-corrected chi connectivity index (χ1v) is 6.24. The quantitative estimate of drug-likeness (QED) is 0.792. The van der Waals surface area contributed by atoms with Crippen LogP contribution in [-0.4, -0.2) is 25.7 Å². The van der Waals surface area contributed by atoms with Crippen LogP contribution >= 0.6 is 0 Å². The van der Waals surface area contributed by atoms with E-state index in [0.29, 0.717) is 11.4 Å². The third-order valence-corrected chi connectivity index (χ3v) is 4.32. The Labute approximate surface area is 95.4 Å². The van der Waals surface area contributed by atoms with Gasteiger partial charge in [-0.15, -0.1) is 0 Å². The normalized spacial score (nSPS) is 11.2. The standard InChI is InChI=1S/C10H13N3O2S/c1-8(2)16(14,15)13(3)10-5-4-9(6-11)7-12-10/h4-5,7-8H,1-3H3. The molecule has 6 heteroatoms. The highest BCUT2D eigenvalue weighted by atomic mass is 32.2. The van der Waals surface area contributed by atoms with Gasteiger partial charge in [0.25, 0.3) is 0 Å². The average molecular weight is 239 g/mol. The first-order chi connectivity index (χ1) is 7.39. The Hall–Kier alpha value is -1.61. The smallest absolute Gasteiger partial charge is 0.238 e. The summed E-state index contributed by atoms with van der Waals surface area (Å²) in [5.41, 5.74) is 0.402. The molecule has 16 heavy (non-hydrogen) atoms. The zero-order valence-electron chi connectivity index (χ0n) is 9.38. The van der Waals surface area contributed by atoms with Crippen molar-refractivity contribution in [2.24, 2.45) is 0 Å². The maximum absolute atomic E-state index is 11.8. The van der Waals surface area contributed by atoms with Gasteiger partial charge in [-0.2, -0.15) is 5.26 Å². The fourth-order valence-corrected chi connectivity index (χ4v) is 2.09. The van der Waals surface area contributed by atoms with Crippen molar-refractivity contribution in [3.05, 3.63) is 23.9 Å². The number of nitriles is 1. The van der Waals surface area contributed by atoms with E-state index in [1.54, 1.807) is 13.8 Å². The molecule has 0 aliphatic rings. The monoisotopic (exact) mass is 239 g/mol. The first kappa shape index (κ1) is 12.5. The van der Waals surface area contributed by atoms with Crippen molar-refractivity contribution in [3.63, 3.8) is 0 Å². The van der Waals surface area contributed by atoms with Gasteiger partial charge < -0.3 is 0 Å². The van der Waals surface area contributed by atoms with Crippen molar-refractivity contribution in [2.45, 2.75) is 19.1 Å². The van der Waals surface area contributed by atoms with Crippen molar-refractivity contribution in [3.8, 4) is 6.07 Å². The fraction of sp³-hybridized carbons (Fsp3) is 0.400. The molecule has 0 N–H and O–H groups in total. The number of aromatic nitrogens is 1. The number of hydrogen-bond acceptors (Lipinski definition) is 4. The molecule has 0 spiro atoms. The number of nitrogens with zero attached hydrogens (tertiary/aromatic N) is 3. The van der Waals surface area contributed by atoms with E-state index in [2.05, 4.69) is 4.98 Å². The van der Waals surface area contributed by atoms with E-state index in [0.717, 1.165) is 4.31 Å². The summed E-state index contributed by atoms with van der Waals surface area (Å²) in [5.74, 6) is 0.313. The lowest BCUT2D eigenvalue weighted by Crippen LogP contribution is -2.33. The van der Waals surface area contributed by atoms with Gasteiger partial charge in [-0.3, -0.25) is 4.31 Å². The summed E-state index contributed by atoms with van der Waals surface area (Å²) in [4.78, 5) is 3.92. The van der Waals surface area contributed by atoms with Crippen LogP contribution in [0.15, 0.2) is 18.3 Å². The Kier molecular flexibility index (Phi) is 3.50. The molecule has 1 aromatic heterocycles. The Morgan fingerprint density at radius 1 is 1.44 bits per heavy atom. The maximum atomic E-state index is 11.8. The van der Waals surface area contributed by atoms with Crippen LogP contribution in [0.5, 0.6) is 0 Å². The minimum atomic E-state index is -3.36. The highest BCUT2D eigenvalue weighted by Gasteiger charge is 2.23. The van der Waals surface area contributed by atoms with Crippen LogP contribution < -0.4 is 4.31 Å². The second kappa shape index (κ2) is 4.49. The number of hydrogen-bond donors (Lipinski definition) is 0. The van der Waals surface area contributed by atoms with E-state index in [-0.39, 0.29) is 0 Å². The molecular formula is C10H13N3O2S. The second-order valence-electron chi connectivity index (χ2n) is 3.58.